The molecule has 0 bridgehead atoms. The zero-order valence-corrected chi connectivity index (χ0v) is 20.4. The van der Waals surface area contributed by atoms with Crippen molar-refractivity contribution in [1.82, 2.24) is 5.32 Å². The van der Waals surface area contributed by atoms with Gasteiger partial charge in [0.25, 0.3) is 0 Å². The second kappa shape index (κ2) is 15.3. The normalized spacial score (nSPS) is 19.3. The fraction of sp³-hybridized carbons (Fsp3) is 0.615. The van der Waals surface area contributed by atoms with E-state index in [0.717, 1.165) is 6.08 Å². The van der Waals surface area contributed by atoms with Crippen LogP contribution < -0.4 is 5.32 Å². The molecule has 0 spiro atoms. The minimum atomic E-state index is -0.971. The summed E-state index contributed by atoms with van der Waals surface area (Å²) >= 11 is 0. The highest BCUT2D eigenvalue weighted by atomic mass is 16.4. The van der Waals surface area contributed by atoms with Crippen LogP contribution in [-0.4, -0.2) is 51.1 Å². The van der Waals surface area contributed by atoms with Crippen molar-refractivity contribution in [3.8, 4) is 0 Å². The summed E-state index contributed by atoms with van der Waals surface area (Å²) in [7, 11) is 0. The summed E-state index contributed by atoms with van der Waals surface area (Å²) in [4.78, 5) is 45.8. The number of aliphatic hydroxyl groups is 2. The van der Waals surface area contributed by atoms with E-state index >= 15 is 0 Å². The highest BCUT2D eigenvalue weighted by Crippen LogP contribution is 2.23. The van der Waals surface area contributed by atoms with Crippen molar-refractivity contribution >= 4 is 23.6 Å². The third-order valence-electron chi connectivity index (χ3n) is 6.15. The zero-order valence-electron chi connectivity index (χ0n) is 20.4. The van der Waals surface area contributed by atoms with E-state index in [2.05, 4.69) is 5.32 Å². The first-order valence-electron chi connectivity index (χ1n) is 12.0. The largest absolute Gasteiger partial charge is 0.478 e. The molecule has 0 aromatic carbocycles. The van der Waals surface area contributed by atoms with Crippen molar-refractivity contribution in [3.05, 3.63) is 36.0 Å². The lowest BCUT2D eigenvalue weighted by Crippen LogP contribution is -2.38. The summed E-state index contributed by atoms with van der Waals surface area (Å²) in [6, 6.07) is 0. The van der Waals surface area contributed by atoms with E-state index in [1.165, 1.54) is 0 Å². The number of hydrogen-bond donors (Lipinski definition) is 4. The van der Waals surface area contributed by atoms with Crippen molar-refractivity contribution in [2.45, 2.75) is 84.3 Å². The molecule has 1 heterocycles. The number of Topliss-reactive ketones (excluding diaryl/α,β-unsaturated/α-hetero) is 1. The van der Waals surface area contributed by atoms with Crippen LogP contribution in [0.4, 0.5) is 0 Å². The Hall–Kier alpha value is -2.58. The molecular weight excluding hydrogens is 438 g/mol. The first-order chi connectivity index (χ1) is 16.0. The standard InChI is InChI=1S/C26H39NO7/c1-17(21(28)11-7-5-4-6-8-13-25(32)33)14-18(2)26(34)19(3)22(29)12-9-10-20-15-23(30)27-24(31)16-20/h5,7-8,13-14,17,19-21,26,28,34H,4,6,9-12,15-16H2,1-3H3,(H,32,33)(H,27,30,31)/b7-5+,13-8+,18-14+/t17-,19-,21-,26+/m1/s1. The third-order valence-corrected chi connectivity index (χ3v) is 6.15. The Morgan fingerprint density at radius 2 is 1.68 bits per heavy atom. The maximum Gasteiger partial charge on any atom is 0.327 e. The van der Waals surface area contributed by atoms with E-state index in [1.54, 1.807) is 26.0 Å². The van der Waals surface area contributed by atoms with E-state index in [-0.39, 0.29) is 35.9 Å². The number of carbonyl (C=O) groups is 4. The molecule has 0 saturated carbocycles. The van der Waals surface area contributed by atoms with Gasteiger partial charge in [-0.05, 0) is 50.5 Å². The molecular formula is C26H39NO7. The maximum atomic E-state index is 12.5. The smallest absolute Gasteiger partial charge is 0.327 e. The number of imide groups is 1. The van der Waals surface area contributed by atoms with Crippen LogP contribution >= 0.6 is 0 Å². The molecule has 0 unspecified atom stereocenters. The van der Waals surface area contributed by atoms with Gasteiger partial charge in [0.1, 0.15) is 5.78 Å². The van der Waals surface area contributed by atoms with Gasteiger partial charge in [0.15, 0.2) is 0 Å². The summed E-state index contributed by atoms with van der Waals surface area (Å²) in [5.41, 5.74) is 0.629. The van der Waals surface area contributed by atoms with Gasteiger partial charge >= 0.3 is 5.97 Å². The Morgan fingerprint density at radius 1 is 1.06 bits per heavy atom. The van der Waals surface area contributed by atoms with Crippen LogP contribution in [0.15, 0.2) is 36.0 Å². The van der Waals surface area contributed by atoms with Crippen LogP contribution in [-0.2, 0) is 19.2 Å². The summed E-state index contributed by atoms with van der Waals surface area (Å²) in [5.74, 6) is -2.41. The van der Waals surface area contributed by atoms with Crippen molar-refractivity contribution in [1.29, 1.82) is 0 Å². The molecule has 1 rings (SSSR count). The lowest BCUT2D eigenvalue weighted by atomic mass is 9.87. The highest BCUT2D eigenvalue weighted by molar-refractivity contribution is 5.97. The van der Waals surface area contributed by atoms with Gasteiger partial charge in [-0.2, -0.15) is 0 Å². The second-order valence-corrected chi connectivity index (χ2v) is 9.20. The first kappa shape index (κ1) is 29.5. The van der Waals surface area contributed by atoms with E-state index in [9.17, 15) is 29.4 Å². The molecule has 0 radical (unpaired) electrons. The minimum absolute atomic E-state index is 0.0338. The van der Waals surface area contributed by atoms with Gasteiger partial charge in [-0.1, -0.05) is 38.2 Å². The fourth-order valence-electron chi connectivity index (χ4n) is 3.99. The van der Waals surface area contributed by atoms with Gasteiger partial charge in [-0.15, -0.1) is 0 Å². The molecule has 8 heteroatoms. The van der Waals surface area contributed by atoms with Crippen LogP contribution in [0, 0.1) is 17.8 Å². The van der Waals surface area contributed by atoms with Crippen LogP contribution in [0.2, 0.25) is 0 Å². The number of amides is 2. The van der Waals surface area contributed by atoms with Crippen molar-refractivity contribution in [2.24, 2.45) is 17.8 Å². The molecule has 34 heavy (non-hydrogen) atoms. The predicted octanol–water partition coefficient (Wildman–Crippen LogP) is 3.09. The molecule has 1 aliphatic rings. The molecule has 190 valence electrons. The molecule has 1 saturated heterocycles. The number of carboxylic acid groups (broad SMARTS) is 1. The molecule has 4 N–H and O–H groups in total. The van der Waals surface area contributed by atoms with Gasteiger partial charge in [0, 0.05) is 37.2 Å². The van der Waals surface area contributed by atoms with Gasteiger partial charge < -0.3 is 15.3 Å². The number of unbranched alkanes of at least 4 members (excludes halogenated alkanes) is 1. The number of aliphatic carboxylic acids is 1. The van der Waals surface area contributed by atoms with E-state index in [0.29, 0.717) is 50.5 Å². The predicted molar refractivity (Wildman–Crippen MR) is 129 cm³/mol. The number of rotatable bonds is 15. The molecule has 2 amide bonds. The number of piperidine rings is 1. The van der Waals surface area contributed by atoms with Crippen LogP contribution in [0.25, 0.3) is 0 Å². The fourth-order valence-corrected chi connectivity index (χ4v) is 3.99. The summed E-state index contributed by atoms with van der Waals surface area (Å²) in [6.07, 6.45) is 10.4. The average molecular weight is 478 g/mol. The lowest BCUT2D eigenvalue weighted by Gasteiger charge is -2.22. The molecule has 4 atom stereocenters. The molecule has 1 fully saturated rings. The van der Waals surface area contributed by atoms with Gasteiger partial charge in [0.05, 0.1) is 12.2 Å². The highest BCUT2D eigenvalue weighted by Gasteiger charge is 2.27. The monoisotopic (exact) mass is 477 g/mol. The molecule has 0 aromatic heterocycles. The molecule has 8 nitrogen and oxygen atoms in total. The van der Waals surface area contributed by atoms with E-state index in [4.69, 9.17) is 5.11 Å². The Kier molecular flexibility index (Phi) is 13.3. The Balaban J connectivity index is 2.42. The number of hydrogen-bond acceptors (Lipinski definition) is 6. The quantitative estimate of drug-likeness (QED) is 0.123. The van der Waals surface area contributed by atoms with Gasteiger partial charge in [-0.25, -0.2) is 4.79 Å². The Bertz CT molecular complexity index is 783. The van der Waals surface area contributed by atoms with Crippen LogP contribution in [0.1, 0.15) is 72.1 Å². The minimum Gasteiger partial charge on any atom is -0.478 e. The lowest BCUT2D eigenvalue weighted by molar-refractivity contribution is -0.135. The summed E-state index contributed by atoms with van der Waals surface area (Å²) < 4.78 is 0. The summed E-state index contributed by atoms with van der Waals surface area (Å²) in [5, 5.41) is 31.8. The second-order valence-electron chi connectivity index (χ2n) is 9.20. The molecule has 0 aliphatic carbocycles. The van der Waals surface area contributed by atoms with Gasteiger partial charge in [-0.3, -0.25) is 19.7 Å². The van der Waals surface area contributed by atoms with Crippen LogP contribution in [0.5, 0.6) is 0 Å². The van der Waals surface area contributed by atoms with Crippen molar-refractivity contribution in [3.63, 3.8) is 0 Å². The van der Waals surface area contributed by atoms with E-state index in [1.807, 2.05) is 19.1 Å². The van der Waals surface area contributed by atoms with Gasteiger partial charge in [0.2, 0.25) is 11.8 Å². The maximum absolute atomic E-state index is 12.5. The van der Waals surface area contributed by atoms with Crippen LogP contribution in [0.3, 0.4) is 0 Å². The number of aliphatic hydroxyl groups excluding tert-OH is 2. The Labute approximate surface area is 201 Å². The average Bonchev–Trinajstić information content (AvgIpc) is 2.76. The topological polar surface area (TPSA) is 141 Å². The SMILES string of the molecule is C/C(=C\[C@@H](C)[C@H](O)C/C=C/CC/C=C/C(=O)O)[C@H](O)[C@H](C)C(=O)CCCC1CC(=O)NC(=O)C1. The third kappa shape index (κ3) is 11.5. The van der Waals surface area contributed by atoms with Crippen molar-refractivity contribution < 1.29 is 34.5 Å². The number of carbonyl (C=O) groups excluding carboxylic acids is 3. The number of nitrogens with one attached hydrogen (secondary N) is 1. The first-order valence-corrected chi connectivity index (χ1v) is 12.0. The Morgan fingerprint density at radius 3 is 2.29 bits per heavy atom. The molecule has 1 aliphatic heterocycles. The van der Waals surface area contributed by atoms with E-state index < -0.39 is 24.1 Å². The number of ketones is 1. The molecule has 0 aromatic rings. The number of carboxylic acids is 1. The summed E-state index contributed by atoms with van der Waals surface area (Å²) in [6.45, 7) is 5.28. The number of allylic oxidation sites excluding steroid dienone is 2. The van der Waals surface area contributed by atoms with Crippen molar-refractivity contribution in [2.75, 3.05) is 0 Å². The zero-order chi connectivity index (χ0) is 25.7.